The van der Waals surface area contributed by atoms with E-state index in [1.165, 1.54) is 6.42 Å². The summed E-state index contributed by atoms with van der Waals surface area (Å²) in [7, 11) is 0. The van der Waals surface area contributed by atoms with Gasteiger partial charge in [-0.2, -0.15) is 0 Å². The van der Waals surface area contributed by atoms with Gasteiger partial charge < -0.3 is 4.74 Å². The summed E-state index contributed by atoms with van der Waals surface area (Å²) >= 11 is 0. The zero-order valence-electron chi connectivity index (χ0n) is 12.4. The van der Waals surface area contributed by atoms with E-state index < -0.39 is 0 Å². The Kier molecular flexibility index (Phi) is 3.56. The monoisotopic (exact) mass is 294 g/mol. The fourth-order valence-corrected chi connectivity index (χ4v) is 3.08. The summed E-state index contributed by atoms with van der Waals surface area (Å²) in [5.41, 5.74) is 2.83. The molecule has 5 nitrogen and oxygen atoms in total. The summed E-state index contributed by atoms with van der Waals surface area (Å²) < 4.78 is 7.73. The molecule has 22 heavy (non-hydrogen) atoms. The molecule has 0 aromatic carbocycles. The predicted octanol–water partition coefficient (Wildman–Crippen LogP) is 2.78. The van der Waals surface area contributed by atoms with E-state index in [0.717, 1.165) is 48.7 Å². The van der Waals surface area contributed by atoms with Crippen LogP contribution in [-0.4, -0.2) is 32.7 Å². The van der Waals surface area contributed by atoms with Crippen LogP contribution in [0.1, 0.15) is 18.7 Å². The quantitative estimate of drug-likeness (QED) is 0.745. The van der Waals surface area contributed by atoms with Gasteiger partial charge in [0.2, 0.25) is 0 Å². The second kappa shape index (κ2) is 5.85. The molecular formula is C17H18N4O. The zero-order chi connectivity index (χ0) is 14.8. The van der Waals surface area contributed by atoms with Crippen LogP contribution < -0.4 is 0 Å². The van der Waals surface area contributed by atoms with Gasteiger partial charge in [-0.3, -0.25) is 9.55 Å². The van der Waals surface area contributed by atoms with Gasteiger partial charge in [-0.25, -0.2) is 9.97 Å². The second-order valence-electron chi connectivity index (χ2n) is 5.71. The highest BCUT2D eigenvalue weighted by Gasteiger charge is 2.20. The molecule has 1 atom stereocenters. The molecule has 4 rings (SSSR count). The summed E-state index contributed by atoms with van der Waals surface area (Å²) in [6, 6.07) is 7.92. The normalized spacial score (nSPS) is 18.6. The van der Waals surface area contributed by atoms with Crippen molar-refractivity contribution in [2.75, 3.05) is 13.2 Å². The number of imidazole rings is 1. The molecule has 1 fully saturated rings. The van der Waals surface area contributed by atoms with Crippen LogP contribution in [0.15, 0.2) is 42.9 Å². The van der Waals surface area contributed by atoms with Crippen LogP contribution in [0.25, 0.3) is 16.9 Å². The van der Waals surface area contributed by atoms with Crippen LogP contribution >= 0.6 is 0 Å². The van der Waals surface area contributed by atoms with E-state index in [0.29, 0.717) is 5.92 Å². The van der Waals surface area contributed by atoms with Crippen molar-refractivity contribution >= 4 is 11.2 Å². The first-order chi connectivity index (χ1) is 10.9. The van der Waals surface area contributed by atoms with E-state index in [2.05, 4.69) is 14.5 Å². The smallest absolute Gasteiger partial charge is 0.164 e. The first-order valence-corrected chi connectivity index (χ1v) is 7.72. The number of ether oxygens (including phenoxy) is 1. The number of hydrogen-bond donors (Lipinski definition) is 0. The van der Waals surface area contributed by atoms with Gasteiger partial charge in [-0.05, 0) is 43.0 Å². The molecule has 0 radical (unpaired) electrons. The first kappa shape index (κ1) is 13.4. The first-order valence-electron chi connectivity index (χ1n) is 7.72. The van der Waals surface area contributed by atoms with Crippen molar-refractivity contribution < 1.29 is 4.74 Å². The van der Waals surface area contributed by atoms with Crippen molar-refractivity contribution in [1.82, 2.24) is 19.5 Å². The zero-order valence-corrected chi connectivity index (χ0v) is 12.4. The number of hydrogen-bond acceptors (Lipinski definition) is 4. The molecule has 1 unspecified atom stereocenters. The van der Waals surface area contributed by atoms with Crippen LogP contribution in [0.3, 0.4) is 0 Å². The molecule has 4 heterocycles. The molecule has 3 aromatic heterocycles. The molecule has 1 aliphatic heterocycles. The third-order valence-electron chi connectivity index (χ3n) is 4.12. The fraction of sp³-hybridized carbons (Fsp3) is 0.353. The minimum Gasteiger partial charge on any atom is -0.381 e. The Balaban J connectivity index is 1.79. The van der Waals surface area contributed by atoms with Crippen molar-refractivity contribution in [3.63, 3.8) is 0 Å². The number of nitrogens with zero attached hydrogens (tertiary/aromatic N) is 4. The van der Waals surface area contributed by atoms with E-state index in [9.17, 15) is 0 Å². The third kappa shape index (κ3) is 2.48. The van der Waals surface area contributed by atoms with E-state index in [4.69, 9.17) is 9.72 Å². The molecule has 0 bridgehead atoms. The Morgan fingerprint density at radius 3 is 3.00 bits per heavy atom. The maximum absolute atomic E-state index is 5.61. The number of fused-ring (bicyclic) bond motifs is 1. The minimum atomic E-state index is 0.529. The highest BCUT2D eigenvalue weighted by Crippen LogP contribution is 2.24. The van der Waals surface area contributed by atoms with E-state index in [-0.39, 0.29) is 0 Å². The molecule has 5 heteroatoms. The number of aromatic nitrogens is 4. The summed E-state index contributed by atoms with van der Waals surface area (Å²) in [6.07, 6.45) is 8.69. The molecule has 1 aliphatic rings. The van der Waals surface area contributed by atoms with E-state index in [1.807, 2.05) is 36.7 Å². The Morgan fingerprint density at radius 1 is 1.23 bits per heavy atom. The van der Waals surface area contributed by atoms with Crippen molar-refractivity contribution in [1.29, 1.82) is 0 Å². The molecule has 0 saturated carbocycles. The van der Waals surface area contributed by atoms with Crippen LogP contribution in [-0.2, 0) is 11.2 Å². The topological polar surface area (TPSA) is 52.8 Å². The lowest BCUT2D eigenvalue weighted by molar-refractivity contribution is 0.0542. The maximum Gasteiger partial charge on any atom is 0.164 e. The summed E-state index contributed by atoms with van der Waals surface area (Å²) in [4.78, 5) is 13.5. The standard InChI is InChI=1S/C17H18N4O/c1-5-14(11-18-7-1)21-16(10-13-4-3-9-22-12-13)20-15-6-2-8-19-17(15)21/h1-2,5-8,11,13H,3-4,9-10,12H2. The fourth-order valence-electron chi connectivity index (χ4n) is 3.08. The second-order valence-corrected chi connectivity index (χ2v) is 5.71. The highest BCUT2D eigenvalue weighted by molar-refractivity contribution is 5.73. The Bertz CT molecular complexity index is 763. The van der Waals surface area contributed by atoms with Crippen molar-refractivity contribution in [3.8, 4) is 5.69 Å². The average molecular weight is 294 g/mol. The molecule has 0 amide bonds. The number of pyridine rings is 2. The van der Waals surface area contributed by atoms with Crippen molar-refractivity contribution in [3.05, 3.63) is 48.7 Å². The SMILES string of the molecule is c1cncc(-n2c(CC3CCCOC3)nc3cccnc32)c1. The van der Waals surface area contributed by atoms with Gasteiger partial charge in [0.15, 0.2) is 5.65 Å². The van der Waals surface area contributed by atoms with Gasteiger partial charge in [0.05, 0.1) is 11.9 Å². The van der Waals surface area contributed by atoms with Gasteiger partial charge in [-0.1, -0.05) is 0 Å². The largest absolute Gasteiger partial charge is 0.381 e. The van der Waals surface area contributed by atoms with Gasteiger partial charge in [-0.15, -0.1) is 0 Å². The van der Waals surface area contributed by atoms with Gasteiger partial charge in [0.1, 0.15) is 11.3 Å². The molecule has 0 spiro atoms. The van der Waals surface area contributed by atoms with Gasteiger partial charge in [0.25, 0.3) is 0 Å². The summed E-state index contributed by atoms with van der Waals surface area (Å²) in [6.45, 7) is 1.71. The van der Waals surface area contributed by atoms with Gasteiger partial charge in [0, 0.05) is 32.0 Å². The van der Waals surface area contributed by atoms with E-state index >= 15 is 0 Å². The molecule has 112 valence electrons. The van der Waals surface area contributed by atoms with E-state index in [1.54, 1.807) is 6.20 Å². The molecular weight excluding hydrogens is 276 g/mol. The van der Waals surface area contributed by atoms with Crippen LogP contribution in [0.2, 0.25) is 0 Å². The van der Waals surface area contributed by atoms with Crippen LogP contribution in [0.5, 0.6) is 0 Å². The van der Waals surface area contributed by atoms with Gasteiger partial charge >= 0.3 is 0 Å². The maximum atomic E-state index is 5.61. The molecule has 3 aromatic rings. The highest BCUT2D eigenvalue weighted by atomic mass is 16.5. The summed E-state index contributed by atoms with van der Waals surface area (Å²) in [5.74, 6) is 1.57. The minimum absolute atomic E-state index is 0.529. The average Bonchev–Trinajstić information content (AvgIpc) is 2.94. The Morgan fingerprint density at radius 2 is 2.18 bits per heavy atom. The lowest BCUT2D eigenvalue weighted by atomic mass is 9.98. The molecule has 0 N–H and O–H groups in total. The number of rotatable bonds is 3. The Hall–Kier alpha value is -2.27. The van der Waals surface area contributed by atoms with Crippen LogP contribution in [0.4, 0.5) is 0 Å². The van der Waals surface area contributed by atoms with Crippen molar-refractivity contribution in [2.45, 2.75) is 19.3 Å². The lowest BCUT2D eigenvalue weighted by Gasteiger charge is -2.22. The summed E-state index contributed by atoms with van der Waals surface area (Å²) in [5, 5.41) is 0. The Labute approximate surface area is 129 Å². The van der Waals surface area contributed by atoms with Crippen molar-refractivity contribution in [2.24, 2.45) is 5.92 Å². The predicted molar refractivity (Wildman–Crippen MR) is 83.9 cm³/mol. The molecule has 0 aliphatic carbocycles. The van der Waals surface area contributed by atoms with Crippen LogP contribution in [0, 0.1) is 5.92 Å². The molecule has 1 saturated heterocycles. The third-order valence-corrected chi connectivity index (χ3v) is 4.12. The lowest BCUT2D eigenvalue weighted by Crippen LogP contribution is -2.20.